The van der Waals surface area contributed by atoms with Crippen molar-refractivity contribution >= 4 is 67.1 Å². The van der Waals surface area contributed by atoms with E-state index in [1.54, 1.807) is 49.4 Å². The molecular formula is C26H20Cl2N3NaO6S. The van der Waals surface area contributed by atoms with Crippen LogP contribution in [-0.4, -0.2) is 25.5 Å². The molecule has 2 N–H and O–H groups in total. The molecule has 0 aromatic heterocycles. The average molecular weight is 596 g/mol. The van der Waals surface area contributed by atoms with Gasteiger partial charge in [0.2, 0.25) is 0 Å². The third-order valence-corrected chi connectivity index (χ3v) is 7.36. The van der Waals surface area contributed by atoms with Gasteiger partial charge in [0.15, 0.2) is 0 Å². The van der Waals surface area contributed by atoms with E-state index in [2.05, 4.69) is 15.5 Å². The zero-order valence-corrected chi connectivity index (χ0v) is 25.4. The van der Waals surface area contributed by atoms with Crippen LogP contribution in [0.5, 0.6) is 11.5 Å². The minimum absolute atomic E-state index is 0. The fraction of sp³-hybridized carbons (Fsp3) is 0.115. The van der Waals surface area contributed by atoms with Gasteiger partial charge in [-0.2, -0.15) is 18.6 Å². The van der Waals surface area contributed by atoms with E-state index in [-0.39, 0.29) is 62.2 Å². The Morgan fingerprint density at radius 3 is 2.46 bits per heavy atom. The minimum Gasteiger partial charge on any atom is -0.870 e. The fourth-order valence-corrected chi connectivity index (χ4v) is 5.00. The van der Waals surface area contributed by atoms with E-state index in [9.17, 15) is 22.9 Å². The van der Waals surface area contributed by atoms with Gasteiger partial charge < -0.3 is 15.2 Å². The number of hydrogen-bond acceptors (Lipinski definition) is 7. The number of carbonyl (C=O) groups excluding carboxylic acids is 1. The normalized spacial score (nSPS) is 11.4. The number of amides is 1. The van der Waals surface area contributed by atoms with Crippen molar-refractivity contribution in [2.45, 2.75) is 18.7 Å². The van der Waals surface area contributed by atoms with Crippen molar-refractivity contribution in [3.63, 3.8) is 0 Å². The molecule has 0 fully saturated rings. The molecule has 0 saturated carbocycles. The summed E-state index contributed by atoms with van der Waals surface area (Å²) >= 11 is 12.4. The first-order valence-corrected chi connectivity index (χ1v) is 13.4. The minimum atomic E-state index is -4.63. The van der Waals surface area contributed by atoms with Gasteiger partial charge in [-0.15, -0.1) is 0 Å². The van der Waals surface area contributed by atoms with Gasteiger partial charge in [0.25, 0.3) is 16.0 Å². The molecule has 0 aliphatic rings. The van der Waals surface area contributed by atoms with Crippen molar-refractivity contribution in [3.05, 3.63) is 81.8 Å². The maximum Gasteiger partial charge on any atom is 1.00 e. The number of fused-ring (bicyclic) bond motifs is 1. The Kier molecular flexibility index (Phi) is 10.0. The molecule has 0 aliphatic carbocycles. The second-order valence-electron chi connectivity index (χ2n) is 8.08. The number of aryl methyl sites for hydroxylation is 1. The molecule has 0 spiro atoms. The van der Waals surface area contributed by atoms with E-state index >= 15 is 0 Å². The molecule has 0 heterocycles. The van der Waals surface area contributed by atoms with Crippen LogP contribution >= 0.6 is 23.2 Å². The van der Waals surface area contributed by atoms with Crippen LogP contribution < -0.4 is 44.7 Å². The molecule has 4 aromatic rings. The molecule has 4 rings (SSSR count). The molecule has 0 radical (unpaired) electrons. The number of nitrogens with zero attached hydrogens (tertiary/aromatic N) is 2. The van der Waals surface area contributed by atoms with Crippen molar-refractivity contribution in [1.29, 1.82) is 0 Å². The van der Waals surface area contributed by atoms with Crippen LogP contribution in [0.2, 0.25) is 10.0 Å². The molecule has 4 aromatic carbocycles. The van der Waals surface area contributed by atoms with Crippen molar-refractivity contribution in [3.8, 4) is 11.5 Å². The molecule has 0 saturated heterocycles. The summed E-state index contributed by atoms with van der Waals surface area (Å²) in [6.07, 6.45) is 0. The number of anilines is 1. The van der Waals surface area contributed by atoms with Crippen LogP contribution in [0.25, 0.3) is 10.8 Å². The standard InChI is InChI=1S/C26H21Cl2N3O6S.Na/c1-3-37-20-10-6-9-19(23(20)28)29-26(33)18-12-15-7-4-5-8-17(15)24(25(18)32)31-30-16-11-14(2)22(27)21(13-16)38(34,35)36;/h4-13,32H,3H2,1-2H3,(H,29,33)(H,34,35,36);/q;+1/p-1. The van der Waals surface area contributed by atoms with Gasteiger partial charge in [-0.05, 0) is 55.1 Å². The van der Waals surface area contributed by atoms with Crippen LogP contribution in [-0.2, 0) is 10.1 Å². The quantitative estimate of drug-likeness (QED) is 0.189. The molecular weight excluding hydrogens is 576 g/mol. The second-order valence-corrected chi connectivity index (χ2v) is 10.2. The van der Waals surface area contributed by atoms with Crippen LogP contribution in [0.3, 0.4) is 0 Å². The van der Waals surface area contributed by atoms with Crippen molar-refractivity contribution in [1.82, 2.24) is 0 Å². The zero-order valence-electron chi connectivity index (χ0n) is 21.0. The monoisotopic (exact) mass is 595 g/mol. The Morgan fingerprint density at radius 2 is 1.77 bits per heavy atom. The second kappa shape index (κ2) is 12.6. The number of nitrogens with one attached hydrogen (secondary N) is 1. The van der Waals surface area contributed by atoms with Gasteiger partial charge in [0.05, 0.1) is 28.7 Å². The van der Waals surface area contributed by atoms with Crippen LogP contribution in [0.15, 0.2) is 75.8 Å². The Hall–Kier alpha value is -2.70. The summed E-state index contributed by atoms with van der Waals surface area (Å²) in [5.74, 6) is -1.05. The van der Waals surface area contributed by atoms with Crippen LogP contribution in [0.4, 0.5) is 17.1 Å². The van der Waals surface area contributed by atoms with Crippen LogP contribution in [0.1, 0.15) is 22.8 Å². The molecule has 0 aliphatic heterocycles. The maximum atomic E-state index is 13.4. The Bertz CT molecular complexity index is 1710. The van der Waals surface area contributed by atoms with Crippen LogP contribution in [0, 0.1) is 6.92 Å². The number of hydrogen-bond donors (Lipinski definition) is 2. The SMILES string of the molecule is CCOc1cccc(NC(=O)c2cc3ccccc3c(N=Nc3cc(C)c(Cl)c(S(=O)(=O)O)c3)c2[O-])c1Cl.[Na+]. The largest absolute Gasteiger partial charge is 1.00 e. The van der Waals surface area contributed by atoms with Crippen molar-refractivity contribution in [2.75, 3.05) is 11.9 Å². The van der Waals surface area contributed by atoms with Gasteiger partial charge in [-0.25, -0.2) is 0 Å². The van der Waals surface area contributed by atoms with E-state index in [0.717, 1.165) is 6.07 Å². The third-order valence-electron chi connectivity index (χ3n) is 5.48. The fourth-order valence-electron chi connectivity index (χ4n) is 3.71. The molecule has 39 heavy (non-hydrogen) atoms. The number of carbonyl (C=O) groups is 1. The summed E-state index contributed by atoms with van der Waals surface area (Å²) in [5.41, 5.74) is 0.261. The predicted octanol–water partition coefficient (Wildman–Crippen LogP) is 3.85. The van der Waals surface area contributed by atoms with Gasteiger partial charge in [-0.1, -0.05) is 59.3 Å². The maximum absolute atomic E-state index is 13.4. The number of halogens is 2. The number of ether oxygens (including phenoxy) is 1. The summed E-state index contributed by atoms with van der Waals surface area (Å²) in [7, 11) is -4.63. The molecule has 9 nitrogen and oxygen atoms in total. The smallest absolute Gasteiger partial charge is 0.870 e. The Morgan fingerprint density at radius 1 is 1.05 bits per heavy atom. The molecule has 0 atom stereocenters. The third kappa shape index (κ3) is 6.72. The van der Waals surface area contributed by atoms with E-state index < -0.39 is 26.7 Å². The van der Waals surface area contributed by atoms with E-state index in [1.807, 2.05) is 0 Å². The van der Waals surface area contributed by atoms with E-state index in [4.69, 9.17) is 27.9 Å². The van der Waals surface area contributed by atoms with Crippen molar-refractivity contribution < 1.29 is 57.2 Å². The van der Waals surface area contributed by atoms with Gasteiger partial charge >= 0.3 is 29.6 Å². The average Bonchev–Trinajstić information content (AvgIpc) is 2.86. The summed E-state index contributed by atoms with van der Waals surface area (Å²) in [5, 5.41) is 25.1. The summed E-state index contributed by atoms with van der Waals surface area (Å²) < 4.78 is 38.3. The molecule has 13 heteroatoms. The number of rotatable bonds is 7. The number of azo groups is 1. The molecule has 0 unspecified atom stereocenters. The number of benzene rings is 4. The van der Waals surface area contributed by atoms with E-state index in [1.165, 1.54) is 19.1 Å². The summed E-state index contributed by atoms with van der Waals surface area (Å²) in [6.45, 7) is 3.70. The van der Waals surface area contributed by atoms with Gasteiger partial charge in [0.1, 0.15) is 15.7 Å². The summed E-state index contributed by atoms with van der Waals surface area (Å²) in [4.78, 5) is 12.6. The first-order valence-electron chi connectivity index (χ1n) is 11.2. The predicted molar refractivity (Wildman–Crippen MR) is 144 cm³/mol. The van der Waals surface area contributed by atoms with Gasteiger partial charge in [0, 0.05) is 10.9 Å². The Labute approximate surface area is 256 Å². The van der Waals surface area contributed by atoms with Gasteiger partial charge in [-0.3, -0.25) is 9.35 Å². The molecule has 0 bridgehead atoms. The van der Waals surface area contributed by atoms with Crippen molar-refractivity contribution in [2.24, 2.45) is 10.2 Å². The Balaban J connectivity index is 0.00000420. The zero-order chi connectivity index (χ0) is 27.6. The summed E-state index contributed by atoms with van der Waals surface area (Å²) in [6, 6.07) is 15.6. The first kappa shape index (κ1) is 30.8. The first-order chi connectivity index (χ1) is 18.0. The topological polar surface area (TPSA) is 140 Å². The molecule has 196 valence electrons. The van der Waals surface area contributed by atoms with E-state index in [0.29, 0.717) is 28.7 Å². The molecule has 1 amide bonds.